The normalized spacial score (nSPS) is 11.8. The molecule has 0 radical (unpaired) electrons. The maximum absolute atomic E-state index is 13.0. The minimum absolute atomic E-state index is 0.00825. The topological polar surface area (TPSA) is 213 Å². The quantitative estimate of drug-likeness (QED) is 0.0269. The molecule has 0 fully saturated rings. The Bertz CT molecular complexity index is 2150. The molecule has 0 aliphatic heterocycles. The molecule has 0 bridgehead atoms. The van der Waals surface area contributed by atoms with E-state index in [1.807, 2.05) is 24.3 Å². The molecule has 0 spiro atoms. The van der Waals surface area contributed by atoms with E-state index in [4.69, 9.17) is 14.9 Å². The van der Waals surface area contributed by atoms with Gasteiger partial charge < -0.3 is 40.7 Å². The number of allylic oxidation sites excluding steroid dienone is 1. The highest BCUT2D eigenvalue weighted by Gasteiger charge is 2.20. The van der Waals surface area contributed by atoms with E-state index in [9.17, 15) is 34.2 Å². The second kappa shape index (κ2) is 29.3. The molecule has 360 valence electrons. The van der Waals surface area contributed by atoms with Crippen molar-refractivity contribution in [1.82, 2.24) is 24.9 Å². The smallest absolute Gasteiger partial charge is 0.317 e. The van der Waals surface area contributed by atoms with Crippen molar-refractivity contribution in [2.75, 3.05) is 104 Å². The second-order valence-corrected chi connectivity index (χ2v) is 16.1. The van der Waals surface area contributed by atoms with Gasteiger partial charge in [0.05, 0.1) is 32.7 Å². The number of anilines is 1. The van der Waals surface area contributed by atoms with Crippen LogP contribution in [0.25, 0.3) is 11.1 Å². The third-order valence-corrected chi connectivity index (χ3v) is 11.1. The van der Waals surface area contributed by atoms with Gasteiger partial charge in [-0.25, -0.2) is 0 Å². The first kappa shape index (κ1) is 53.2. The highest BCUT2D eigenvalue weighted by Crippen LogP contribution is 2.35. The maximum atomic E-state index is 13.0. The van der Waals surface area contributed by atoms with Crippen LogP contribution in [0.3, 0.4) is 0 Å². The number of carbonyl (C=O) groups is 5. The zero-order valence-electron chi connectivity index (χ0n) is 38.6. The molecule has 0 aromatic heterocycles. The number of amides is 1. The molecule has 16 nitrogen and oxygen atoms in total. The van der Waals surface area contributed by atoms with Crippen LogP contribution in [-0.4, -0.2) is 168 Å². The Balaban J connectivity index is 1.31. The molecule has 16 heteroatoms. The average Bonchev–Trinajstić information content (AvgIpc) is 3.30. The number of aliphatic carboxylic acids is 4. The lowest BCUT2D eigenvalue weighted by atomic mass is 9.87. The summed E-state index contributed by atoms with van der Waals surface area (Å²) in [6.07, 6.45) is 2.52. The molecule has 0 aliphatic rings. The number of ether oxygens (including phenoxy) is 1. The number of rotatable bonds is 33. The zero-order valence-corrected chi connectivity index (χ0v) is 38.6. The predicted octanol–water partition coefficient (Wildman–Crippen LogP) is 5.16. The number of likely N-dealkylation sites (N-methyl/N-ethyl adjacent to an activating group) is 1. The predicted molar refractivity (Wildman–Crippen MR) is 259 cm³/mol. The largest absolute Gasteiger partial charge is 0.492 e. The van der Waals surface area contributed by atoms with Crippen LogP contribution >= 0.6 is 0 Å². The average molecular weight is 923 g/mol. The molecule has 4 rings (SSSR count). The molecule has 0 heterocycles. The van der Waals surface area contributed by atoms with E-state index >= 15 is 0 Å². The summed E-state index contributed by atoms with van der Waals surface area (Å²) in [4.78, 5) is 64.9. The summed E-state index contributed by atoms with van der Waals surface area (Å²) >= 11 is 0. The summed E-state index contributed by atoms with van der Waals surface area (Å²) in [5.74, 6) is -4.42. The van der Waals surface area contributed by atoms with Crippen molar-refractivity contribution < 1.29 is 49.1 Å². The monoisotopic (exact) mass is 922 g/mol. The van der Waals surface area contributed by atoms with Gasteiger partial charge in [-0.15, -0.1) is 0 Å². The maximum Gasteiger partial charge on any atom is 0.317 e. The Morgan fingerprint density at radius 1 is 0.522 bits per heavy atom. The van der Waals surface area contributed by atoms with Gasteiger partial charge in [-0.05, 0) is 103 Å². The van der Waals surface area contributed by atoms with Crippen molar-refractivity contribution in [3.05, 3.63) is 131 Å². The molecule has 0 aliphatic carbocycles. The van der Waals surface area contributed by atoms with Gasteiger partial charge in [0, 0.05) is 38.4 Å². The second-order valence-electron chi connectivity index (χ2n) is 16.1. The fourth-order valence-corrected chi connectivity index (χ4v) is 7.66. The number of benzene rings is 4. The van der Waals surface area contributed by atoms with Gasteiger partial charge in [-0.3, -0.25) is 38.7 Å². The van der Waals surface area contributed by atoms with E-state index in [1.54, 1.807) is 12.1 Å². The standard InChI is InChI=1S/C51H66N6O10/c1-3-54(4-2)32-33-67-44-23-19-42(20-24-44)51(41-14-9-6-10-15-41)45(40-12-7-5-8-13-40)16-11-26-52-27-25-39-17-21-43(22-18-39)53-46(58)34-56(36-48(61)62)30-28-55(35-47(59)60)29-31-57(37-49(63)64)38-50(65)66/h5-10,12-15,17-24,52H,3-4,11,16,25-38H2,1-2H3,(H,53,58)(H,59,60)(H,61,62)(H,63,64)(H,65,66)/b51-45-. The highest BCUT2D eigenvalue weighted by atomic mass is 16.5. The summed E-state index contributed by atoms with van der Waals surface area (Å²) in [6.45, 7) is 7.08. The number of carboxylic acids is 4. The number of carbonyl (C=O) groups excluding carboxylic acids is 1. The van der Waals surface area contributed by atoms with Crippen LogP contribution in [0.4, 0.5) is 5.69 Å². The minimum atomic E-state index is -1.23. The number of hydrogen-bond acceptors (Lipinski definition) is 11. The van der Waals surface area contributed by atoms with E-state index < -0.39 is 56.0 Å². The Hall–Kier alpha value is -6.43. The van der Waals surface area contributed by atoms with E-state index in [2.05, 4.69) is 102 Å². The Labute approximate surface area is 393 Å². The van der Waals surface area contributed by atoms with E-state index in [1.165, 1.54) is 26.5 Å². The number of carboxylic acid groups (broad SMARTS) is 4. The molecular formula is C51H66N6O10. The summed E-state index contributed by atoms with van der Waals surface area (Å²) in [7, 11) is 0. The van der Waals surface area contributed by atoms with E-state index in [-0.39, 0.29) is 32.7 Å². The van der Waals surface area contributed by atoms with Gasteiger partial charge in [-0.2, -0.15) is 0 Å². The van der Waals surface area contributed by atoms with E-state index in [0.29, 0.717) is 12.3 Å². The van der Waals surface area contributed by atoms with Crippen molar-refractivity contribution in [1.29, 1.82) is 0 Å². The zero-order chi connectivity index (χ0) is 48.4. The molecule has 0 atom stereocenters. The van der Waals surface area contributed by atoms with Crippen LogP contribution in [0, 0.1) is 0 Å². The first-order valence-electron chi connectivity index (χ1n) is 22.8. The van der Waals surface area contributed by atoms with Gasteiger partial charge in [0.2, 0.25) is 5.91 Å². The first-order chi connectivity index (χ1) is 32.3. The lowest BCUT2D eigenvalue weighted by molar-refractivity contribution is -0.143. The summed E-state index contributed by atoms with van der Waals surface area (Å²) in [5, 5.41) is 43.6. The van der Waals surface area contributed by atoms with Gasteiger partial charge >= 0.3 is 23.9 Å². The summed E-state index contributed by atoms with van der Waals surface area (Å²) in [5.41, 5.74) is 7.52. The minimum Gasteiger partial charge on any atom is -0.492 e. The van der Waals surface area contributed by atoms with Crippen LogP contribution in [0.5, 0.6) is 5.75 Å². The van der Waals surface area contributed by atoms with Crippen LogP contribution in [-0.2, 0) is 30.4 Å². The highest BCUT2D eigenvalue weighted by molar-refractivity contribution is 5.98. The Morgan fingerprint density at radius 2 is 1.01 bits per heavy atom. The molecule has 0 saturated carbocycles. The molecule has 4 aromatic rings. The Morgan fingerprint density at radius 3 is 1.55 bits per heavy atom. The SMILES string of the molecule is CCN(CC)CCOc1ccc(/C(=C(/CCCNCCc2ccc(NC(=O)CN(CCN(CCN(CC(=O)O)CC(=O)O)CC(=O)O)CC(=O)O)cc2)c2ccccc2)c2ccccc2)cc1. The summed E-state index contributed by atoms with van der Waals surface area (Å²) < 4.78 is 6.11. The third kappa shape index (κ3) is 20.3. The molecule has 1 amide bonds. The summed E-state index contributed by atoms with van der Waals surface area (Å²) in [6, 6.07) is 36.9. The van der Waals surface area contributed by atoms with Crippen LogP contribution < -0.4 is 15.4 Å². The third-order valence-electron chi connectivity index (χ3n) is 11.1. The molecule has 4 aromatic carbocycles. The first-order valence-corrected chi connectivity index (χ1v) is 22.8. The number of hydrogen-bond donors (Lipinski definition) is 6. The van der Waals surface area contributed by atoms with E-state index in [0.717, 1.165) is 79.3 Å². The van der Waals surface area contributed by atoms with Crippen LogP contribution in [0.2, 0.25) is 0 Å². The van der Waals surface area contributed by atoms with Crippen molar-refractivity contribution in [2.45, 2.75) is 33.1 Å². The molecular weight excluding hydrogens is 857 g/mol. The number of nitrogens with one attached hydrogen (secondary N) is 2. The fourth-order valence-electron chi connectivity index (χ4n) is 7.66. The van der Waals surface area contributed by atoms with Crippen molar-refractivity contribution in [3.63, 3.8) is 0 Å². The van der Waals surface area contributed by atoms with Gasteiger partial charge in [0.15, 0.2) is 0 Å². The molecule has 0 unspecified atom stereocenters. The lowest BCUT2D eigenvalue weighted by Crippen LogP contribution is -2.46. The van der Waals surface area contributed by atoms with Crippen molar-refractivity contribution in [3.8, 4) is 5.75 Å². The molecule has 67 heavy (non-hydrogen) atoms. The fraction of sp³-hybridized carbons (Fsp3) is 0.392. The molecule has 6 N–H and O–H groups in total. The van der Waals surface area contributed by atoms with Crippen molar-refractivity contribution >= 4 is 46.6 Å². The lowest BCUT2D eigenvalue weighted by Gasteiger charge is -2.27. The van der Waals surface area contributed by atoms with Gasteiger partial charge in [0.25, 0.3) is 0 Å². The Kier molecular flexibility index (Phi) is 23.2. The number of nitrogens with zero attached hydrogens (tertiary/aromatic N) is 4. The van der Waals surface area contributed by atoms with Gasteiger partial charge in [-0.1, -0.05) is 98.8 Å². The van der Waals surface area contributed by atoms with Crippen LogP contribution in [0.15, 0.2) is 109 Å². The van der Waals surface area contributed by atoms with Gasteiger partial charge in [0.1, 0.15) is 12.4 Å². The molecule has 0 saturated heterocycles. The van der Waals surface area contributed by atoms with Crippen LogP contribution in [0.1, 0.15) is 48.9 Å². The van der Waals surface area contributed by atoms with Crippen molar-refractivity contribution in [2.24, 2.45) is 0 Å².